The van der Waals surface area contributed by atoms with E-state index in [2.05, 4.69) is 9.71 Å². The van der Waals surface area contributed by atoms with E-state index in [4.69, 9.17) is 17.3 Å². The number of aromatic nitrogens is 1. The molecule has 0 aliphatic heterocycles. The van der Waals surface area contributed by atoms with Crippen LogP contribution in [0.25, 0.3) is 0 Å². The number of anilines is 1. The van der Waals surface area contributed by atoms with E-state index in [0.717, 1.165) is 12.0 Å². The fourth-order valence-corrected chi connectivity index (χ4v) is 3.31. The first kappa shape index (κ1) is 15.8. The minimum atomic E-state index is -3.74. The number of aryl methyl sites for hydroxylation is 1. The molecule has 1 aromatic heterocycles. The summed E-state index contributed by atoms with van der Waals surface area (Å²) in [4.78, 5) is 4.18. The lowest BCUT2D eigenvalue weighted by atomic mass is 10.1. The lowest BCUT2D eigenvalue weighted by Gasteiger charge is -2.11. The lowest BCUT2D eigenvalue weighted by molar-refractivity contribution is 0.580. The van der Waals surface area contributed by atoms with Crippen molar-refractivity contribution in [3.63, 3.8) is 0 Å². The number of pyridine rings is 1. The van der Waals surface area contributed by atoms with Crippen molar-refractivity contribution in [2.45, 2.75) is 24.8 Å². The molecular weight excluding hydrogens is 310 g/mol. The minimum absolute atomic E-state index is 0.0241. The zero-order chi connectivity index (χ0) is 15.5. The fourth-order valence-electron chi connectivity index (χ4n) is 1.93. The number of sulfonamides is 1. The number of rotatable bonds is 5. The smallest absolute Gasteiger partial charge is 0.243 e. The topological polar surface area (TPSA) is 85.1 Å². The molecular formula is C14H16ClN3O2S. The highest BCUT2D eigenvalue weighted by atomic mass is 35.5. The van der Waals surface area contributed by atoms with Gasteiger partial charge in [0.2, 0.25) is 10.0 Å². The van der Waals surface area contributed by atoms with Crippen molar-refractivity contribution in [3.05, 3.63) is 52.8 Å². The van der Waals surface area contributed by atoms with Crippen molar-refractivity contribution in [1.29, 1.82) is 0 Å². The Morgan fingerprint density at radius 2 is 2.10 bits per heavy atom. The molecule has 0 fully saturated rings. The van der Waals surface area contributed by atoms with Crippen LogP contribution in [0.5, 0.6) is 0 Å². The number of benzene rings is 1. The molecule has 0 spiro atoms. The molecule has 0 atom stereocenters. The maximum atomic E-state index is 12.3. The summed E-state index contributed by atoms with van der Waals surface area (Å²) >= 11 is 5.83. The van der Waals surface area contributed by atoms with Gasteiger partial charge in [-0.25, -0.2) is 13.1 Å². The van der Waals surface area contributed by atoms with Crippen LogP contribution in [0.4, 0.5) is 5.69 Å². The molecule has 0 aliphatic carbocycles. The van der Waals surface area contributed by atoms with Gasteiger partial charge in [0, 0.05) is 11.2 Å². The Labute approximate surface area is 129 Å². The van der Waals surface area contributed by atoms with E-state index in [0.29, 0.717) is 10.7 Å². The number of nitrogens with zero attached hydrogens (tertiary/aromatic N) is 1. The Morgan fingerprint density at radius 1 is 1.33 bits per heavy atom. The number of nitrogens with one attached hydrogen (secondary N) is 1. The molecule has 3 N–H and O–H groups in total. The number of nitrogen functional groups attached to an aromatic ring is 1. The van der Waals surface area contributed by atoms with E-state index in [1.165, 1.54) is 12.1 Å². The van der Waals surface area contributed by atoms with Crippen LogP contribution in [0.2, 0.25) is 5.02 Å². The maximum Gasteiger partial charge on any atom is 0.243 e. The summed E-state index contributed by atoms with van der Waals surface area (Å²) in [6, 6.07) is 8.09. The number of hydrogen-bond acceptors (Lipinski definition) is 4. The summed E-state index contributed by atoms with van der Waals surface area (Å²) in [6.07, 6.45) is 2.42. The summed E-state index contributed by atoms with van der Waals surface area (Å²) in [6.45, 7) is 2.10. The number of hydrogen-bond donors (Lipinski definition) is 2. The van der Waals surface area contributed by atoms with Gasteiger partial charge in [0.25, 0.3) is 0 Å². The highest BCUT2D eigenvalue weighted by Gasteiger charge is 2.18. The molecule has 0 radical (unpaired) electrons. The van der Waals surface area contributed by atoms with Crippen LogP contribution >= 0.6 is 11.6 Å². The van der Waals surface area contributed by atoms with Gasteiger partial charge < -0.3 is 5.73 Å². The first-order valence-corrected chi connectivity index (χ1v) is 8.27. The Kier molecular flexibility index (Phi) is 4.82. The largest absolute Gasteiger partial charge is 0.398 e. The quantitative estimate of drug-likeness (QED) is 0.826. The third-order valence-corrected chi connectivity index (χ3v) is 4.75. The zero-order valence-electron chi connectivity index (χ0n) is 11.5. The van der Waals surface area contributed by atoms with Crippen molar-refractivity contribution in [1.82, 2.24) is 9.71 Å². The van der Waals surface area contributed by atoms with E-state index in [1.54, 1.807) is 12.3 Å². The van der Waals surface area contributed by atoms with Crippen LogP contribution in [0.15, 0.2) is 41.4 Å². The van der Waals surface area contributed by atoms with Gasteiger partial charge in [-0.1, -0.05) is 24.6 Å². The Hall–Kier alpha value is -1.63. The standard InChI is InChI=1S/C14H16ClN3O2S/c1-2-10-4-3-7-17-13(10)9-18-21(19,20)14-8-11(15)5-6-12(14)16/h3-8,18H,2,9,16H2,1H3. The van der Waals surface area contributed by atoms with Crippen molar-refractivity contribution in [2.24, 2.45) is 0 Å². The average Bonchev–Trinajstić information content (AvgIpc) is 2.48. The first-order valence-electron chi connectivity index (χ1n) is 6.41. The molecule has 0 aliphatic rings. The average molecular weight is 326 g/mol. The zero-order valence-corrected chi connectivity index (χ0v) is 13.1. The van der Waals surface area contributed by atoms with Crippen LogP contribution in [0.3, 0.4) is 0 Å². The number of nitrogens with two attached hydrogens (primary N) is 1. The molecule has 21 heavy (non-hydrogen) atoms. The van der Waals surface area contributed by atoms with E-state index in [-0.39, 0.29) is 17.1 Å². The van der Waals surface area contributed by atoms with Gasteiger partial charge >= 0.3 is 0 Å². The second-order valence-electron chi connectivity index (χ2n) is 4.47. The molecule has 7 heteroatoms. The van der Waals surface area contributed by atoms with Crippen LogP contribution in [-0.2, 0) is 23.0 Å². The molecule has 0 amide bonds. The highest BCUT2D eigenvalue weighted by molar-refractivity contribution is 7.89. The fraction of sp³-hybridized carbons (Fsp3) is 0.214. The molecule has 112 valence electrons. The summed E-state index contributed by atoms with van der Waals surface area (Å²) < 4.78 is 27.1. The van der Waals surface area contributed by atoms with Gasteiger partial charge in [-0.05, 0) is 36.2 Å². The molecule has 2 aromatic rings. The van der Waals surface area contributed by atoms with Crippen LogP contribution in [-0.4, -0.2) is 13.4 Å². The summed E-state index contributed by atoms with van der Waals surface area (Å²) in [5, 5.41) is 0.316. The Morgan fingerprint density at radius 3 is 2.81 bits per heavy atom. The molecule has 0 bridgehead atoms. The van der Waals surface area contributed by atoms with Crippen molar-refractivity contribution >= 4 is 27.3 Å². The monoisotopic (exact) mass is 325 g/mol. The molecule has 5 nitrogen and oxygen atoms in total. The second-order valence-corrected chi connectivity index (χ2v) is 6.64. The van der Waals surface area contributed by atoms with Gasteiger partial charge in [0.1, 0.15) is 4.90 Å². The van der Waals surface area contributed by atoms with Crippen LogP contribution < -0.4 is 10.5 Å². The van der Waals surface area contributed by atoms with Crippen LogP contribution in [0, 0.1) is 0 Å². The molecule has 1 aromatic carbocycles. The van der Waals surface area contributed by atoms with Gasteiger partial charge in [-0.15, -0.1) is 0 Å². The van der Waals surface area contributed by atoms with Gasteiger partial charge in [-0.2, -0.15) is 0 Å². The maximum absolute atomic E-state index is 12.3. The first-order chi connectivity index (χ1) is 9.94. The number of halogens is 1. The summed E-state index contributed by atoms with van der Waals surface area (Å²) in [5.74, 6) is 0. The van der Waals surface area contributed by atoms with E-state index >= 15 is 0 Å². The Bertz CT molecular complexity index is 748. The van der Waals surface area contributed by atoms with Crippen molar-refractivity contribution in [2.75, 3.05) is 5.73 Å². The normalized spacial score (nSPS) is 11.5. The molecule has 1 heterocycles. The minimum Gasteiger partial charge on any atom is -0.398 e. The SMILES string of the molecule is CCc1cccnc1CNS(=O)(=O)c1cc(Cl)ccc1N. The lowest BCUT2D eigenvalue weighted by Crippen LogP contribution is -2.25. The van der Waals surface area contributed by atoms with Crippen molar-refractivity contribution < 1.29 is 8.42 Å². The Balaban J connectivity index is 2.24. The van der Waals surface area contributed by atoms with Gasteiger partial charge in [0.15, 0.2) is 0 Å². The third kappa shape index (κ3) is 3.72. The summed E-state index contributed by atoms with van der Waals surface area (Å²) in [5.41, 5.74) is 7.56. The predicted octanol–water partition coefficient (Wildman–Crippen LogP) is 2.36. The predicted molar refractivity (Wildman–Crippen MR) is 83.5 cm³/mol. The van der Waals surface area contributed by atoms with Gasteiger partial charge in [0.05, 0.1) is 17.9 Å². The molecule has 2 rings (SSSR count). The highest BCUT2D eigenvalue weighted by Crippen LogP contribution is 2.22. The molecule has 0 saturated carbocycles. The molecule has 0 saturated heterocycles. The molecule has 0 unspecified atom stereocenters. The summed E-state index contributed by atoms with van der Waals surface area (Å²) in [7, 11) is -3.74. The van der Waals surface area contributed by atoms with Gasteiger partial charge in [-0.3, -0.25) is 4.98 Å². The van der Waals surface area contributed by atoms with E-state index < -0.39 is 10.0 Å². The third-order valence-electron chi connectivity index (χ3n) is 3.06. The van der Waals surface area contributed by atoms with E-state index in [1.807, 2.05) is 19.1 Å². The van der Waals surface area contributed by atoms with E-state index in [9.17, 15) is 8.42 Å². The van der Waals surface area contributed by atoms with Crippen LogP contribution in [0.1, 0.15) is 18.2 Å². The van der Waals surface area contributed by atoms with Crippen molar-refractivity contribution in [3.8, 4) is 0 Å². The second kappa shape index (κ2) is 6.43.